The lowest BCUT2D eigenvalue weighted by Gasteiger charge is -2.31. The van der Waals surface area contributed by atoms with Gasteiger partial charge < -0.3 is 14.7 Å². The molecule has 0 bridgehead atoms. The number of rotatable bonds is 4. The highest BCUT2D eigenvalue weighted by Crippen LogP contribution is 2.34. The van der Waals surface area contributed by atoms with Crippen LogP contribution in [-0.4, -0.2) is 60.4 Å². The maximum absolute atomic E-state index is 13.3. The van der Waals surface area contributed by atoms with Gasteiger partial charge in [-0.25, -0.2) is 14.4 Å². The molecule has 2 fully saturated rings. The normalized spacial score (nSPS) is 19.7. The molecule has 2 aromatic rings. The molecule has 0 radical (unpaired) electrons. The van der Waals surface area contributed by atoms with Crippen molar-refractivity contribution in [3.8, 4) is 0 Å². The standard InChI is InChI=1S/C23H28FN5O2/c1-15(30)28-10-8-16(9-11-28)23-25-20(13-21(26-23)27(2)3)17-12-22(31)29(14-17)19-6-4-18(24)5-7-19/h4-7,13,16-17H,8-12,14H2,1-3H3/t17-/m0/s1. The summed E-state index contributed by atoms with van der Waals surface area (Å²) in [6, 6.07) is 7.97. The van der Waals surface area contributed by atoms with Crippen molar-refractivity contribution in [2.24, 2.45) is 0 Å². The van der Waals surface area contributed by atoms with E-state index >= 15 is 0 Å². The predicted molar refractivity (Wildman–Crippen MR) is 117 cm³/mol. The Bertz CT molecular complexity index is 970. The summed E-state index contributed by atoms with van der Waals surface area (Å²) >= 11 is 0. The number of benzene rings is 1. The average Bonchev–Trinajstić information content (AvgIpc) is 3.15. The van der Waals surface area contributed by atoms with Crippen LogP contribution < -0.4 is 9.80 Å². The molecule has 1 atom stereocenters. The van der Waals surface area contributed by atoms with Gasteiger partial charge in [-0.3, -0.25) is 9.59 Å². The van der Waals surface area contributed by atoms with Gasteiger partial charge in [0.1, 0.15) is 17.5 Å². The van der Waals surface area contributed by atoms with E-state index < -0.39 is 0 Å². The van der Waals surface area contributed by atoms with Crippen molar-refractivity contribution in [1.82, 2.24) is 14.9 Å². The van der Waals surface area contributed by atoms with Gasteiger partial charge in [0.25, 0.3) is 0 Å². The Labute approximate surface area is 181 Å². The molecule has 2 aliphatic heterocycles. The van der Waals surface area contributed by atoms with Crippen molar-refractivity contribution >= 4 is 23.3 Å². The number of anilines is 2. The SMILES string of the molecule is CC(=O)N1CCC(c2nc([C@H]3CC(=O)N(c4ccc(F)cc4)C3)cc(N(C)C)n2)CC1. The van der Waals surface area contributed by atoms with Gasteiger partial charge in [-0.2, -0.15) is 0 Å². The van der Waals surface area contributed by atoms with Crippen molar-refractivity contribution in [2.45, 2.75) is 38.0 Å². The lowest BCUT2D eigenvalue weighted by molar-refractivity contribution is -0.129. The third-order valence-corrected chi connectivity index (χ3v) is 6.19. The van der Waals surface area contributed by atoms with Gasteiger partial charge in [-0.15, -0.1) is 0 Å². The first kappa shape index (κ1) is 21.2. The first-order valence-electron chi connectivity index (χ1n) is 10.7. The molecule has 2 saturated heterocycles. The number of hydrogen-bond acceptors (Lipinski definition) is 5. The van der Waals surface area contributed by atoms with Gasteiger partial charge in [0.05, 0.1) is 5.69 Å². The van der Waals surface area contributed by atoms with Crippen LogP contribution in [0.4, 0.5) is 15.9 Å². The van der Waals surface area contributed by atoms with Gasteiger partial charge in [-0.05, 0) is 37.1 Å². The molecule has 3 heterocycles. The van der Waals surface area contributed by atoms with Crippen molar-refractivity contribution < 1.29 is 14.0 Å². The van der Waals surface area contributed by atoms with Gasteiger partial charge in [-0.1, -0.05) is 0 Å². The quantitative estimate of drug-likeness (QED) is 0.753. The van der Waals surface area contributed by atoms with Crippen LogP contribution in [0, 0.1) is 5.82 Å². The zero-order chi connectivity index (χ0) is 22.1. The number of piperidine rings is 1. The fourth-order valence-electron chi connectivity index (χ4n) is 4.32. The maximum Gasteiger partial charge on any atom is 0.227 e. The van der Waals surface area contributed by atoms with E-state index in [2.05, 4.69) is 0 Å². The monoisotopic (exact) mass is 425 g/mol. The second-order valence-corrected chi connectivity index (χ2v) is 8.57. The Morgan fingerprint density at radius 3 is 2.39 bits per heavy atom. The summed E-state index contributed by atoms with van der Waals surface area (Å²) in [5, 5.41) is 0. The van der Waals surface area contributed by atoms with Gasteiger partial charge in [0.2, 0.25) is 11.8 Å². The molecular formula is C23H28FN5O2. The van der Waals surface area contributed by atoms with Crippen LogP contribution in [0.5, 0.6) is 0 Å². The number of carbonyl (C=O) groups excluding carboxylic acids is 2. The minimum absolute atomic E-state index is 0.0120. The molecule has 1 aromatic heterocycles. The van der Waals surface area contributed by atoms with Crippen molar-refractivity contribution in [2.75, 3.05) is 43.5 Å². The van der Waals surface area contributed by atoms with Crippen molar-refractivity contribution in [3.63, 3.8) is 0 Å². The Balaban J connectivity index is 1.57. The van der Waals surface area contributed by atoms with Crippen LogP contribution >= 0.6 is 0 Å². The molecule has 2 aliphatic rings. The van der Waals surface area contributed by atoms with Crippen LogP contribution in [0.1, 0.15) is 49.5 Å². The van der Waals surface area contributed by atoms with E-state index in [0.29, 0.717) is 31.7 Å². The second-order valence-electron chi connectivity index (χ2n) is 8.57. The molecule has 0 N–H and O–H groups in total. The lowest BCUT2D eigenvalue weighted by Crippen LogP contribution is -2.36. The molecule has 2 amide bonds. The number of hydrogen-bond donors (Lipinski definition) is 0. The van der Waals surface area contributed by atoms with E-state index in [-0.39, 0.29) is 29.5 Å². The highest BCUT2D eigenvalue weighted by atomic mass is 19.1. The largest absolute Gasteiger partial charge is 0.363 e. The summed E-state index contributed by atoms with van der Waals surface area (Å²) in [5.41, 5.74) is 1.56. The third-order valence-electron chi connectivity index (χ3n) is 6.19. The minimum Gasteiger partial charge on any atom is -0.363 e. The van der Waals surface area contributed by atoms with Crippen molar-refractivity contribution in [3.05, 3.63) is 47.7 Å². The number of halogens is 1. The molecule has 1 aromatic carbocycles. The maximum atomic E-state index is 13.3. The number of aromatic nitrogens is 2. The van der Waals surface area contributed by atoms with E-state index in [1.54, 1.807) is 24.0 Å². The number of carbonyl (C=O) groups is 2. The highest BCUT2D eigenvalue weighted by molar-refractivity contribution is 5.96. The van der Waals surface area contributed by atoms with Crippen LogP contribution in [0.15, 0.2) is 30.3 Å². The Morgan fingerprint density at radius 2 is 1.77 bits per heavy atom. The van der Waals surface area contributed by atoms with Crippen LogP contribution in [-0.2, 0) is 9.59 Å². The van der Waals surface area contributed by atoms with Crippen LogP contribution in [0.25, 0.3) is 0 Å². The smallest absolute Gasteiger partial charge is 0.227 e. The fourth-order valence-corrected chi connectivity index (χ4v) is 4.32. The van der Waals surface area contributed by atoms with Crippen LogP contribution in [0.2, 0.25) is 0 Å². The molecule has 8 heteroatoms. The Kier molecular flexibility index (Phi) is 5.89. The first-order valence-corrected chi connectivity index (χ1v) is 10.7. The molecule has 0 saturated carbocycles. The Morgan fingerprint density at radius 1 is 1.10 bits per heavy atom. The third kappa shape index (κ3) is 4.52. The number of amides is 2. The van der Waals surface area contributed by atoms with E-state index in [1.165, 1.54) is 12.1 Å². The van der Waals surface area contributed by atoms with Gasteiger partial charge in [0, 0.05) is 70.7 Å². The van der Waals surface area contributed by atoms with E-state index in [4.69, 9.17) is 9.97 Å². The zero-order valence-electron chi connectivity index (χ0n) is 18.2. The summed E-state index contributed by atoms with van der Waals surface area (Å²) in [6.07, 6.45) is 2.03. The number of nitrogens with zero attached hydrogens (tertiary/aromatic N) is 5. The summed E-state index contributed by atoms with van der Waals surface area (Å²) in [7, 11) is 3.89. The van der Waals surface area contributed by atoms with Gasteiger partial charge >= 0.3 is 0 Å². The molecule has 0 aliphatic carbocycles. The van der Waals surface area contributed by atoms with E-state index in [9.17, 15) is 14.0 Å². The lowest BCUT2D eigenvalue weighted by atomic mass is 9.95. The van der Waals surface area contributed by atoms with Crippen LogP contribution in [0.3, 0.4) is 0 Å². The predicted octanol–water partition coefficient (Wildman–Crippen LogP) is 2.93. The summed E-state index contributed by atoms with van der Waals surface area (Å²) in [4.78, 5) is 39.5. The molecule has 0 unspecified atom stereocenters. The topological polar surface area (TPSA) is 69.6 Å². The summed E-state index contributed by atoms with van der Waals surface area (Å²) < 4.78 is 13.3. The molecule has 7 nitrogen and oxygen atoms in total. The fraction of sp³-hybridized carbons (Fsp3) is 0.478. The van der Waals surface area contributed by atoms with Gasteiger partial charge in [0.15, 0.2) is 0 Å². The van der Waals surface area contributed by atoms with Crippen molar-refractivity contribution in [1.29, 1.82) is 0 Å². The minimum atomic E-state index is -0.321. The summed E-state index contributed by atoms with van der Waals surface area (Å²) in [6.45, 7) is 3.54. The molecule has 31 heavy (non-hydrogen) atoms. The summed E-state index contributed by atoms with van der Waals surface area (Å²) in [5.74, 6) is 1.55. The molecule has 4 rings (SSSR count). The van der Waals surface area contributed by atoms with E-state index in [0.717, 1.165) is 30.2 Å². The zero-order valence-corrected chi connectivity index (χ0v) is 18.2. The van der Waals surface area contributed by atoms with E-state index in [1.807, 2.05) is 30.0 Å². The highest BCUT2D eigenvalue weighted by Gasteiger charge is 2.34. The second kappa shape index (κ2) is 8.61. The number of likely N-dealkylation sites (tertiary alicyclic amines) is 1. The Hall–Kier alpha value is -3.03. The first-order chi connectivity index (χ1) is 14.8. The molecule has 0 spiro atoms. The average molecular weight is 426 g/mol. The molecular weight excluding hydrogens is 397 g/mol. The molecule has 164 valence electrons.